The second kappa shape index (κ2) is 13.4. The van der Waals surface area contributed by atoms with E-state index in [1.165, 1.54) is 55.3 Å². The monoisotopic (exact) mass is 430 g/mol. The molecule has 1 aromatic heterocycles. The Kier molecular flexibility index (Phi) is 9.85. The van der Waals surface area contributed by atoms with Crippen molar-refractivity contribution >= 4 is 6.08 Å². The summed E-state index contributed by atoms with van der Waals surface area (Å²) in [5.74, 6) is 1.82. The molecule has 0 N–H and O–H groups in total. The lowest BCUT2D eigenvalue weighted by Gasteiger charge is -2.08. The standard InChI is InChI=1S/C29H36NO2/c1-3-27-13-9-11-23-30(27)22-10-7-5-4-6-8-12-24-32-29-20-16-26(17-21-29)25-14-18-28(31-2)19-15-25/h3,9,11,13-21,23H,1,4-8,10,12,22,24H2,2H3/q+1. The van der Waals surface area contributed by atoms with Gasteiger partial charge in [0.2, 0.25) is 5.69 Å². The highest BCUT2D eigenvalue weighted by Gasteiger charge is 2.05. The third-order valence-corrected chi connectivity index (χ3v) is 5.77. The van der Waals surface area contributed by atoms with Gasteiger partial charge in [-0.1, -0.05) is 56.5 Å². The summed E-state index contributed by atoms with van der Waals surface area (Å²) < 4.78 is 13.4. The van der Waals surface area contributed by atoms with E-state index >= 15 is 0 Å². The molecular weight excluding hydrogens is 394 g/mol. The minimum atomic E-state index is 0.789. The molecule has 0 atom stereocenters. The molecule has 0 aliphatic rings. The highest BCUT2D eigenvalue weighted by Crippen LogP contribution is 2.24. The smallest absolute Gasteiger partial charge is 0.204 e. The fourth-order valence-electron chi connectivity index (χ4n) is 3.86. The van der Waals surface area contributed by atoms with E-state index < -0.39 is 0 Å². The van der Waals surface area contributed by atoms with Crippen LogP contribution in [0, 0.1) is 0 Å². The quantitative estimate of drug-likeness (QED) is 0.201. The number of aromatic nitrogens is 1. The molecule has 0 aliphatic heterocycles. The Morgan fingerprint density at radius 2 is 1.31 bits per heavy atom. The average Bonchev–Trinajstić information content (AvgIpc) is 2.86. The third kappa shape index (κ3) is 7.56. The molecule has 3 aromatic rings. The number of hydrogen-bond donors (Lipinski definition) is 0. The van der Waals surface area contributed by atoms with Crippen molar-refractivity contribution < 1.29 is 14.0 Å². The van der Waals surface area contributed by atoms with Crippen LogP contribution in [0.15, 0.2) is 79.5 Å². The number of nitrogens with zero attached hydrogens (tertiary/aromatic N) is 1. The molecule has 0 unspecified atom stereocenters. The zero-order valence-corrected chi connectivity index (χ0v) is 19.3. The molecular formula is C29H36NO2+. The summed E-state index contributed by atoms with van der Waals surface area (Å²) >= 11 is 0. The summed E-state index contributed by atoms with van der Waals surface area (Å²) in [5.41, 5.74) is 3.56. The van der Waals surface area contributed by atoms with Crippen LogP contribution in [0.2, 0.25) is 0 Å². The van der Waals surface area contributed by atoms with Gasteiger partial charge in [-0.25, -0.2) is 0 Å². The Balaban J connectivity index is 1.23. The van der Waals surface area contributed by atoms with E-state index in [0.717, 1.165) is 31.1 Å². The Hall–Kier alpha value is -3.07. The van der Waals surface area contributed by atoms with Crippen molar-refractivity contribution in [2.24, 2.45) is 0 Å². The van der Waals surface area contributed by atoms with E-state index in [0.29, 0.717) is 0 Å². The first kappa shape index (κ1) is 23.6. The van der Waals surface area contributed by atoms with E-state index in [4.69, 9.17) is 9.47 Å². The molecule has 0 amide bonds. The Labute approximate surface area is 193 Å². The molecule has 0 spiro atoms. The Morgan fingerprint density at radius 3 is 1.94 bits per heavy atom. The van der Waals surface area contributed by atoms with Crippen LogP contribution in [0.1, 0.15) is 50.6 Å². The van der Waals surface area contributed by atoms with Crippen molar-refractivity contribution in [2.75, 3.05) is 13.7 Å². The topological polar surface area (TPSA) is 22.3 Å². The van der Waals surface area contributed by atoms with Gasteiger partial charge in [-0.2, -0.15) is 4.57 Å². The highest BCUT2D eigenvalue weighted by molar-refractivity contribution is 5.64. The summed E-state index contributed by atoms with van der Waals surface area (Å²) in [6.45, 7) is 5.76. The molecule has 0 aliphatic carbocycles. The number of rotatable bonds is 14. The van der Waals surface area contributed by atoms with Crippen LogP contribution in [0.5, 0.6) is 11.5 Å². The van der Waals surface area contributed by atoms with Gasteiger partial charge in [0.25, 0.3) is 0 Å². The first-order chi connectivity index (χ1) is 15.8. The van der Waals surface area contributed by atoms with E-state index in [2.05, 4.69) is 71.9 Å². The Morgan fingerprint density at radius 1 is 0.719 bits per heavy atom. The van der Waals surface area contributed by atoms with Gasteiger partial charge in [-0.05, 0) is 54.3 Å². The second-order valence-electron chi connectivity index (χ2n) is 8.10. The largest absolute Gasteiger partial charge is 0.497 e. The van der Waals surface area contributed by atoms with Crippen LogP contribution in [0.25, 0.3) is 17.2 Å². The predicted molar refractivity (Wildman–Crippen MR) is 133 cm³/mol. The van der Waals surface area contributed by atoms with Gasteiger partial charge < -0.3 is 9.47 Å². The SMILES string of the molecule is C=Cc1cccc[n+]1CCCCCCCCCOc1ccc(-c2ccc(OC)cc2)cc1. The molecule has 3 nitrogen and oxygen atoms in total. The normalized spacial score (nSPS) is 10.7. The maximum absolute atomic E-state index is 5.92. The summed E-state index contributed by atoms with van der Waals surface area (Å²) in [4.78, 5) is 0. The molecule has 3 heteroatoms. The van der Waals surface area contributed by atoms with E-state index in [-0.39, 0.29) is 0 Å². The molecule has 2 aromatic carbocycles. The Bertz CT molecular complexity index is 932. The van der Waals surface area contributed by atoms with Gasteiger partial charge >= 0.3 is 0 Å². The molecule has 0 saturated carbocycles. The van der Waals surface area contributed by atoms with Gasteiger partial charge in [0, 0.05) is 24.6 Å². The number of pyridine rings is 1. The number of benzene rings is 2. The zero-order valence-electron chi connectivity index (χ0n) is 19.3. The fourth-order valence-corrected chi connectivity index (χ4v) is 3.86. The molecule has 0 fully saturated rings. The minimum absolute atomic E-state index is 0.789. The van der Waals surface area contributed by atoms with Crippen LogP contribution < -0.4 is 14.0 Å². The molecule has 0 radical (unpaired) electrons. The zero-order chi connectivity index (χ0) is 22.4. The van der Waals surface area contributed by atoms with Crippen LogP contribution in [-0.2, 0) is 6.54 Å². The summed E-state index contributed by atoms with van der Waals surface area (Å²) in [7, 11) is 1.69. The minimum Gasteiger partial charge on any atom is -0.497 e. The fraction of sp³-hybridized carbons (Fsp3) is 0.345. The lowest BCUT2D eigenvalue weighted by Crippen LogP contribution is -2.36. The van der Waals surface area contributed by atoms with Crippen LogP contribution in [0.3, 0.4) is 0 Å². The maximum Gasteiger partial charge on any atom is 0.204 e. The first-order valence-corrected chi connectivity index (χ1v) is 11.8. The summed E-state index contributed by atoms with van der Waals surface area (Å²) in [5, 5.41) is 0. The molecule has 32 heavy (non-hydrogen) atoms. The molecule has 0 bridgehead atoms. The highest BCUT2D eigenvalue weighted by atomic mass is 16.5. The van der Waals surface area contributed by atoms with E-state index in [1.807, 2.05) is 18.2 Å². The first-order valence-electron chi connectivity index (χ1n) is 11.8. The van der Waals surface area contributed by atoms with Crippen LogP contribution in [0.4, 0.5) is 0 Å². The van der Waals surface area contributed by atoms with Gasteiger partial charge in [-0.3, -0.25) is 0 Å². The lowest BCUT2D eigenvalue weighted by atomic mass is 10.1. The van der Waals surface area contributed by atoms with Crippen LogP contribution >= 0.6 is 0 Å². The van der Waals surface area contributed by atoms with Gasteiger partial charge in [0.1, 0.15) is 18.0 Å². The molecule has 3 rings (SSSR count). The molecule has 0 saturated heterocycles. The average molecular weight is 431 g/mol. The van der Waals surface area contributed by atoms with E-state index in [1.54, 1.807) is 7.11 Å². The molecule has 1 heterocycles. The lowest BCUT2D eigenvalue weighted by molar-refractivity contribution is -0.699. The number of methoxy groups -OCH3 is 1. The summed E-state index contributed by atoms with van der Waals surface area (Å²) in [6.07, 6.45) is 12.8. The third-order valence-electron chi connectivity index (χ3n) is 5.77. The van der Waals surface area contributed by atoms with Crippen molar-refractivity contribution in [3.63, 3.8) is 0 Å². The predicted octanol–water partition coefficient (Wildman–Crippen LogP) is 7.10. The van der Waals surface area contributed by atoms with Gasteiger partial charge in [0.05, 0.1) is 13.7 Å². The van der Waals surface area contributed by atoms with Crippen molar-refractivity contribution in [1.82, 2.24) is 0 Å². The molecule has 168 valence electrons. The van der Waals surface area contributed by atoms with Crippen LogP contribution in [-0.4, -0.2) is 13.7 Å². The number of unbranched alkanes of at least 4 members (excludes halogenated alkanes) is 6. The summed E-state index contributed by atoms with van der Waals surface area (Å²) in [6, 6.07) is 22.7. The van der Waals surface area contributed by atoms with Gasteiger partial charge in [0.15, 0.2) is 6.20 Å². The second-order valence-corrected chi connectivity index (χ2v) is 8.10. The number of ether oxygens (including phenoxy) is 2. The number of aryl methyl sites for hydroxylation is 1. The van der Waals surface area contributed by atoms with Crippen molar-refractivity contribution in [1.29, 1.82) is 0 Å². The van der Waals surface area contributed by atoms with Crippen molar-refractivity contribution in [3.05, 3.63) is 85.2 Å². The maximum atomic E-state index is 5.92. The number of hydrogen-bond acceptors (Lipinski definition) is 2. The van der Waals surface area contributed by atoms with E-state index in [9.17, 15) is 0 Å². The van der Waals surface area contributed by atoms with Gasteiger partial charge in [-0.15, -0.1) is 0 Å². The van der Waals surface area contributed by atoms with Crippen molar-refractivity contribution in [2.45, 2.75) is 51.5 Å². The van der Waals surface area contributed by atoms with Crippen molar-refractivity contribution in [3.8, 4) is 22.6 Å².